The normalized spacial score (nSPS) is 12.3. The lowest BCUT2D eigenvalue weighted by Gasteiger charge is -2.12. The summed E-state index contributed by atoms with van der Waals surface area (Å²) in [5.41, 5.74) is 2.68. The zero-order valence-corrected chi connectivity index (χ0v) is 13.1. The summed E-state index contributed by atoms with van der Waals surface area (Å²) in [5.74, 6) is 0.733. The molecule has 0 bridgehead atoms. The van der Waals surface area contributed by atoms with Gasteiger partial charge in [0.15, 0.2) is 0 Å². The standard InChI is InChI=1S/C16H19N5O2/c1-12(23-15-5-3-13(11-22)4-6-15)16-10-21(19-18-16)9-14-7-17-20(2)8-14/h3-8,10,12,22H,9,11H2,1-2H3. The zero-order chi connectivity index (χ0) is 16.2. The third kappa shape index (κ3) is 3.75. The van der Waals surface area contributed by atoms with Crippen LogP contribution in [0.3, 0.4) is 0 Å². The van der Waals surface area contributed by atoms with Crippen LogP contribution >= 0.6 is 0 Å². The Kier molecular flexibility index (Phi) is 4.38. The van der Waals surface area contributed by atoms with Crippen LogP contribution in [0.25, 0.3) is 0 Å². The number of aryl methyl sites for hydroxylation is 1. The van der Waals surface area contributed by atoms with E-state index < -0.39 is 0 Å². The van der Waals surface area contributed by atoms with Gasteiger partial charge in [0.05, 0.1) is 25.5 Å². The van der Waals surface area contributed by atoms with Gasteiger partial charge in [-0.1, -0.05) is 17.3 Å². The second-order valence-electron chi connectivity index (χ2n) is 5.43. The number of hydrogen-bond acceptors (Lipinski definition) is 5. The van der Waals surface area contributed by atoms with E-state index in [4.69, 9.17) is 9.84 Å². The summed E-state index contributed by atoms with van der Waals surface area (Å²) in [7, 11) is 1.88. The molecular weight excluding hydrogens is 294 g/mol. The Labute approximate surface area is 134 Å². The number of rotatable bonds is 6. The highest BCUT2D eigenvalue weighted by Crippen LogP contribution is 2.20. The zero-order valence-electron chi connectivity index (χ0n) is 13.1. The van der Waals surface area contributed by atoms with Gasteiger partial charge < -0.3 is 9.84 Å². The molecule has 0 saturated heterocycles. The summed E-state index contributed by atoms with van der Waals surface area (Å²) >= 11 is 0. The van der Waals surface area contributed by atoms with E-state index in [1.54, 1.807) is 9.36 Å². The van der Waals surface area contributed by atoms with Crippen LogP contribution in [0.15, 0.2) is 42.9 Å². The second kappa shape index (κ2) is 6.62. The molecule has 1 aromatic carbocycles. The van der Waals surface area contributed by atoms with Gasteiger partial charge in [-0.15, -0.1) is 5.10 Å². The van der Waals surface area contributed by atoms with E-state index in [1.165, 1.54) is 0 Å². The topological polar surface area (TPSA) is 78.0 Å². The Morgan fingerprint density at radius 2 is 1.96 bits per heavy atom. The first-order valence-electron chi connectivity index (χ1n) is 7.38. The number of hydrogen-bond donors (Lipinski definition) is 1. The maximum absolute atomic E-state index is 9.05. The monoisotopic (exact) mass is 313 g/mol. The molecule has 0 aliphatic carbocycles. The molecule has 120 valence electrons. The van der Waals surface area contributed by atoms with Crippen molar-refractivity contribution in [1.82, 2.24) is 24.8 Å². The molecule has 3 rings (SSSR count). The first kappa shape index (κ1) is 15.2. The Balaban J connectivity index is 1.64. The van der Waals surface area contributed by atoms with Crippen molar-refractivity contribution in [2.75, 3.05) is 0 Å². The van der Waals surface area contributed by atoms with Crippen LogP contribution in [0.4, 0.5) is 0 Å². The molecule has 2 aromatic heterocycles. The highest BCUT2D eigenvalue weighted by molar-refractivity contribution is 5.27. The number of benzene rings is 1. The molecule has 7 nitrogen and oxygen atoms in total. The molecule has 0 spiro atoms. The fraction of sp³-hybridized carbons (Fsp3) is 0.312. The van der Waals surface area contributed by atoms with E-state index >= 15 is 0 Å². The molecule has 0 amide bonds. The summed E-state index contributed by atoms with van der Waals surface area (Å²) in [6.45, 7) is 2.58. The van der Waals surface area contributed by atoms with E-state index in [0.717, 1.165) is 22.6 Å². The maximum Gasteiger partial charge on any atom is 0.141 e. The molecular formula is C16H19N5O2. The molecule has 7 heteroatoms. The maximum atomic E-state index is 9.05. The summed E-state index contributed by atoms with van der Waals surface area (Å²) < 4.78 is 9.38. The van der Waals surface area contributed by atoms with Gasteiger partial charge in [0.1, 0.15) is 17.5 Å². The van der Waals surface area contributed by atoms with Gasteiger partial charge in [0, 0.05) is 18.8 Å². The highest BCUT2D eigenvalue weighted by atomic mass is 16.5. The molecule has 1 atom stereocenters. The average molecular weight is 313 g/mol. The van der Waals surface area contributed by atoms with E-state index in [-0.39, 0.29) is 12.7 Å². The van der Waals surface area contributed by atoms with Gasteiger partial charge >= 0.3 is 0 Å². The molecule has 0 fully saturated rings. The molecule has 0 aliphatic heterocycles. The predicted octanol–water partition coefficient (Wildman–Crippen LogP) is 1.69. The number of aliphatic hydroxyl groups excluding tert-OH is 1. The molecule has 1 unspecified atom stereocenters. The minimum Gasteiger partial charge on any atom is -0.484 e. The van der Waals surface area contributed by atoms with Crippen LogP contribution in [0.5, 0.6) is 5.75 Å². The minimum absolute atomic E-state index is 0.0263. The molecule has 0 saturated carbocycles. The van der Waals surface area contributed by atoms with Crippen molar-refractivity contribution in [3.63, 3.8) is 0 Å². The van der Waals surface area contributed by atoms with E-state index in [9.17, 15) is 0 Å². The van der Waals surface area contributed by atoms with E-state index in [1.807, 2.05) is 56.8 Å². The number of aromatic nitrogens is 5. The van der Waals surface area contributed by atoms with Gasteiger partial charge in [-0.3, -0.25) is 4.68 Å². The largest absolute Gasteiger partial charge is 0.484 e. The molecule has 2 heterocycles. The van der Waals surface area contributed by atoms with Crippen LogP contribution in [0.2, 0.25) is 0 Å². The molecule has 1 N–H and O–H groups in total. The van der Waals surface area contributed by atoms with Gasteiger partial charge in [-0.05, 0) is 24.6 Å². The van der Waals surface area contributed by atoms with E-state index in [0.29, 0.717) is 6.54 Å². The van der Waals surface area contributed by atoms with Crippen molar-refractivity contribution in [2.24, 2.45) is 7.05 Å². The van der Waals surface area contributed by atoms with Crippen molar-refractivity contribution in [3.8, 4) is 5.75 Å². The summed E-state index contributed by atoms with van der Waals surface area (Å²) in [5, 5.41) is 21.5. The van der Waals surface area contributed by atoms with Crippen molar-refractivity contribution >= 4 is 0 Å². The summed E-state index contributed by atoms with van der Waals surface area (Å²) in [6, 6.07) is 7.34. The van der Waals surface area contributed by atoms with Crippen LogP contribution < -0.4 is 4.74 Å². The first-order valence-corrected chi connectivity index (χ1v) is 7.38. The SMILES string of the molecule is CC(Oc1ccc(CO)cc1)c1cn(Cc2cnn(C)c2)nn1. The fourth-order valence-electron chi connectivity index (χ4n) is 2.26. The smallest absolute Gasteiger partial charge is 0.141 e. The number of aliphatic hydroxyl groups is 1. The Morgan fingerprint density at radius 3 is 2.61 bits per heavy atom. The molecule has 0 aliphatic rings. The average Bonchev–Trinajstić information content (AvgIpc) is 3.18. The quantitative estimate of drug-likeness (QED) is 0.749. The van der Waals surface area contributed by atoms with Crippen LogP contribution in [0.1, 0.15) is 29.8 Å². The third-order valence-electron chi connectivity index (χ3n) is 3.49. The first-order chi connectivity index (χ1) is 11.1. The molecule has 3 aromatic rings. The van der Waals surface area contributed by atoms with Crippen molar-refractivity contribution in [3.05, 3.63) is 59.7 Å². The fourth-order valence-corrected chi connectivity index (χ4v) is 2.26. The van der Waals surface area contributed by atoms with Gasteiger partial charge in [-0.2, -0.15) is 5.10 Å². The van der Waals surface area contributed by atoms with Crippen LogP contribution in [0, 0.1) is 0 Å². The Hall–Kier alpha value is -2.67. The summed E-state index contributed by atoms with van der Waals surface area (Å²) in [6.07, 6.45) is 5.42. The van der Waals surface area contributed by atoms with Crippen molar-refractivity contribution < 1.29 is 9.84 Å². The lowest BCUT2D eigenvalue weighted by atomic mass is 10.2. The number of nitrogens with zero attached hydrogens (tertiary/aromatic N) is 5. The summed E-state index contributed by atoms with van der Waals surface area (Å²) in [4.78, 5) is 0. The van der Waals surface area contributed by atoms with E-state index in [2.05, 4.69) is 15.4 Å². The lowest BCUT2D eigenvalue weighted by molar-refractivity contribution is 0.221. The Morgan fingerprint density at radius 1 is 1.17 bits per heavy atom. The predicted molar refractivity (Wildman–Crippen MR) is 83.7 cm³/mol. The van der Waals surface area contributed by atoms with Gasteiger partial charge in [-0.25, -0.2) is 4.68 Å². The highest BCUT2D eigenvalue weighted by Gasteiger charge is 2.12. The van der Waals surface area contributed by atoms with Crippen molar-refractivity contribution in [2.45, 2.75) is 26.2 Å². The third-order valence-corrected chi connectivity index (χ3v) is 3.49. The lowest BCUT2D eigenvalue weighted by Crippen LogP contribution is -2.03. The van der Waals surface area contributed by atoms with Crippen LogP contribution in [-0.4, -0.2) is 29.9 Å². The van der Waals surface area contributed by atoms with Gasteiger partial charge in [0.2, 0.25) is 0 Å². The molecule has 23 heavy (non-hydrogen) atoms. The Bertz CT molecular complexity index is 763. The minimum atomic E-state index is -0.211. The molecule has 0 radical (unpaired) electrons. The number of ether oxygens (including phenoxy) is 1. The van der Waals surface area contributed by atoms with Crippen molar-refractivity contribution in [1.29, 1.82) is 0 Å². The van der Waals surface area contributed by atoms with Crippen LogP contribution in [-0.2, 0) is 20.2 Å². The second-order valence-corrected chi connectivity index (χ2v) is 5.43. The van der Waals surface area contributed by atoms with Gasteiger partial charge in [0.25, 0.3) is 0 Å².